The number of benzene rings is 1. The van der Waals surface area contributed by atoms with Gasteiger partial charge < -0.3 is 10.1 Å². The third-order valence-corrected chi connectivity index (χ3v) is 3.05. The number of rotatable bonds is 4. The average Bonchev–Trinajstić information content (AvgIpc) is 2.50. The fraction of sp³-hybridized carbons (Fsp3) is 0.133. The fourth-order valence-electron chi connectivity index (χ4n) is 1.68. The van der Waals surface area contributed by atoms with Crippen LogP contribution in [0.1, 0.15) is 17.3 Å². The molecule has 0 spiro atoms. The molecule has 2 aromatic rings. The normalized spacial score (nSPS) is 9.91. The number of hydrogen-bond donors (Lipinski definition) is 2. The number of pyridine rings is 1. The molecule has 2 N–H and O–H groups in total. The van der Waals surface area contributed by atoms with Crippen LogP contribution in [0.15, 0.2) is 42.6 Å². The predicted molar refractivity (Wildman–Crippen MR) is 90.5 cm³/mol. The molecule has 0 aliphatic carbocycles. The Balaban J connectivity index is 1.97. The number of hydrogen-bond acceptors (Lipinski definition) is 4. The van der Waals surface area contributed by atoms with E-state index in [0.717, 1.165) is 0 Å². The van der Waals surface area contributed by atoms with Gasteiger partial charge in [0.25, 0.3) is 5.91 Å². The molecule has 0 bridgehead atoms. The quantitative estimate of drug-likeness (QED) is 0.663. The second kappa shape index (κ2) is 7.72. The summed E-state index contributed by atoms with van der Waals surface area (Å²) in [6, 6.07) is 10.2. The molecule has 1 amide bonds. The molecule has 0 fully saturated rings. The number of amides is 1. The van der Waals surface area contributed by atoms with Crippen molar-refractivity contribution in [1.82, 2.24) is 10.3 Å². The lowest BCUT2D eigenvalue weighted by Crippen LogP contribution is -2.34. The minimum absolute atomic E-state index is 0.177. The summed E-state index contributed by atoms with van der Waals surface area (Å²) in [7, 11) is 0. The summed E-state index contributed by atoms with van der Waals surface area (Å²) < 4.78 is 5.36. The molecule has 0 radical (unpaired) electrons. The Labute approximate surface area is 138 Å². The van der Waals surface area contributed by atoms with Gasteiger partial charge in [0, 0.05) is 5.56 Å². The van der Waals surface area contributed by atoms with Crippen LogP contribution in [-0.2, 0) is 0 Å². The van der Waals surface area contributed by atoms with Gasteiger partial charge in [0.15, 0.2) is 5.11 Å². The van der Waals surface area contributed by atoms with E-state index < -0.39 is 0 Å². The van der Waals surface area contributed by atoms with Crippen LogP contribution in [0.3, 0.4) is 0 Å². The van der Waals surface area contributed by atoms with Crippen LogP contribution in [0.4, 0.5) is 5.69 Å². The van der Waals surface area contributed by atoms with Crippen LogP contribution in [-0.4, -0.2) is 22.6 Å². The van der Waals surface area contributed by atoms with Gasteiger partial charge in [-0.15, -0.1) is 0 Å². The second-order valence-corrected chi connectivity index (χ2v) is 5.03. The van der Waals surface area contributed by atoms with Crippen LogP contribution in [0, 0.1) is 0 Å². The first-order chi connectivity index (χ1) is 10.6. The number of aromatic nitrogens is 1. The summed E-state index contributed by atoms with van der Waals surface area (Å²) in [4.78, 5) is 16.0. The first-order valence-electron chi connectivity index (χ1n) is 6.55. The topological polar surface area (TPSA) is 63.2 Å². The summed E-state index contributed by atoms with van der Waals surface area (Å²) in [6.45, 7) is 2.42. The molecule has 5 nitrogen and oxygen atoms in total. The highest BCUT2D eigenvalue weighted by molar-refractivity contribution is 7.80. The summed E-state index contributed by atoms with van der Waals surface area (Å²) in [5.74, 6) is 0.317. The maximum atomic E-state index is 12.1. The molecular formula is C15H14ClN3O2S. The van der Waals surface area contributed by atoms with Gasteiger partial charge in [0.2, 0.25) is 0 Å². The molecule has 2 rings (SSSR count). The Morgan fingerprint density at radius 3 is 2.86 bits per heavy atom. The maximum absolute atomic E-state index is 12.1. The zero-order chi connectivity index (χ0) is 15.9. The van der Waals surface area contributed by atoms with E-state index in [1.165, 1.54) is 6.20 Å². The molecule has 0 saturated carbocycles. The highest BCUT2D eigenvalue weighted by Gasteiger charge is 2.09. The van der Waals surface area contributed by atoms with E-state index in [-0.39, 0.29) is 11.0 Å². The van der Waals surface area contributed by atoms with Gasteiger partial charge in [-0.05, 0) is 49.5 Å². The zero-order valence-corrected chi connectivity index (χ0v) is 13.4. The van der Waals surface area contributed by atoms with Gasteiger partial charge in [-0.3, -0.25) is 10.1 Å². The van der Waals surface area contributed by atoms with E-state index in [1.807, 2.05) is 6.92 Å². The monoisotopic (exact) mass is 335 g/mol. The van der Waals surface area contributed by atoms with Crippen molar-refractivity contribution in [1.29, 1.82) is 0 Å². The van der Waals surface area contributed by atoms with Crippen LogP contribution >= 0.6 is 23.8 Å². The predicted octanol–water partition coefficient (Wildman–Crippen LogP) is 3.26. The summed E-state index contributed by atoms with van der Waals surface area (Å²) in [6.07, 6.45) is 1.52. The largest absolute Gasteiger partial charge is 0.494 e. The summed E-state index contributed by atoms with van der Waals surface area (Å²) in [5.41, 5.74) is 1.10. The molecule has 0 aliphatic heterocycles. The van der Waals surface area contributed by atoms with Gasteiger partial charge in [0.1, 0.15) is 10.9 Å². The van der Waals surface area contributed by atoms with E-state index >= 15 is 0 Å². The molecule has 0 atom stereocenters. The lowest BCUT2D eigenvalue weighted by Gasteiger charge is -2.10. The van der Waals surface area contributed by atoms with Crippen molar-refractivity contribution in [2.24, 2.45) is 0 Å². The molecule has 0 unspecified atom stereocenters. The molecule has 22 heavy (non-hydrogen) atoms. The van der Waals surface area contributed by atoms with Gasteiger partial charge in [-0.25, -0.2) is 4.98 Å². The van der Waals surface area contributed by atoms with Crippen molar-refractivity contribution >= 4 is 40.5 Å². The van der Waals surface area contributed by atoms with Crippen molar-refractivity contribution in [3.05, 3.63) is 53.3 Å². The number of nitrogens with zero attached hydrogens (tertiary/aromatic N) is 1. The summed E-state index contributed by atoms with van der Waals surface area (Å²) in [5, 5.41) is 6.01. The minimum Gasteiger partial charge on any atom is -0.494 e. The van der Waals surface area contributed by atoms with Crippen molar-refractivity contribution in [3.8, 4) is 5.75 Å². The number of nitrogens with one attached hydrogen (secondary N) is 2. The number of carbonyl (C=O) groups is 1. The van der Waals surface area contributed by atoms with E-state index in [2.05, 4.69) is 15.6 Å². The zero-order valence-electron chi connectivity index (χ0n) is 11.8. The Kier molecular flexibility index (Phi) is 5.68. The maximum Gasteiger partial charge on any atom is 0.257 e. The third-order valence-electron chi connectivity index (χ3n) is 2.62. The number of ether oxygens (including phenoxy) is 1. The van der Waals surface area contributed by atoms with Crippen molar-refractivity contribution in [2.75, 3.05) is 11.9 Å². The lowest BCUT2D eigenvalue weighted by molar-refractivity contribution is 0.0977. The van der Waals surface area contributed by atoms with Gasteiger partial charge in [-0.2, -0.15) is 0 Å². The Bertz CT molecular complexity index is 677. The number of thiocarbonyl (C=S) groups is 1. The number of carbonyl (C=O) groups excluding carboxylic acids is 1. The average molecular weight is 336 g/mol. The molecule has 0 saturated heterocycles. The van der Waals surface area contributed by atoms with E-state index in [9.17, 15) is 4.79 Å². The van der Waals surface area contributed by atoms with Gasteiger partial charge >= 0.3 is 0 Å². The highest BCUT2D eigenvalue weighted by Crippen LogP contribution is 2.13. The molecule has 0 aliphatic rings. The van der Waals surface area contributed by atoms with E-state index in [4.69, 9.17) is 28.6 Å². The van der Waals surface area contributed by atoms with Crippen molar-refractivity contribution in [2.45, 2.75) is 6.92 Å². The summed E-state index contributed by atoms with van der Waals surface area (Å²) >= 11 is 10.8. The first-order valence-corrected chi connectivity index (χ1v) is 7.34. The van der Waals surface area contributed by atoms with Crippen LogP contribution < -0.4 is 15.4 Å². The SMILES string of the molecule is CCOc1cccc(C(=O)NC(=S)Nc2ccc(Cl)nc2)c1. The minimum atomic E-state index is -0.319. The molecule has 114 valence electrons. The fourth-order valence-corrected chi connectivity index (χ4v) is 2.00. The van der Waals surface area contributed by atoms with Gasteiger partial charge in [-0.1, -0.05) is 17.7 Å². The number of halogens is 1. The van der Waals surface area contributed by atoms with Crippen LogP contribution in [0.2, 0.25) is 5.15 Å². The van der Waals surface area contributed by atoms with Crippen LogP contribution in [0.5, 0.6) is 5.75 Å². The Morgan fingerprint density at radius 2 is 2.18 bits per heavy atom. The van der Waals surface area contributed by atoms with E-state index in [1.54, 1.807) is 36.4 Å². The highest BCUT2D eigenvalue weighted by atomic mass is 35.5. The van der Waals surface area contributed by atoms with Crippen molar-refractivity contribution < 1.29 is 9.53 Å². The molecule has 1 heterocycles. The lowest BCUT2D eigenvalue weighted by atomic mass is 10.2. The molecule has 7 heteroatoms. The smallest absolute Gasteiger partial charge is 0.257 e. The molecular weight excluding hydrogens is 322 g/mol. The second-order valence-electron chi connectivity index (χ2n) is 4.24. The van der Waals surface area contributed by atoms with Gasteiger partial charge in [0.05, 0.1) is 18.5 Å². The van der Waals surface area contributed by atoms with E-state index in [0.29, 0.717) is 28.8 Å². The van der Waals surface area contributed by atoms with Crippen molar-refractivity contribution in [3.63, 3.8) is 0 Å². The Morgan fingerprint density at radius 1 is 1.36 bits per heavy atom. The first kappa shape index (κ1) is 16.2. The Hall–Kier alpha value is -2.18. The van der Waals surface area contributed by atoms with Crippen LogP contribution in [0.25, 0.3) is 0 Å². The molecule has 1 aromatic carbocycles. The third kappa shape index (κ3) is 4.68. The standard InChI is InChI=1S/C15H14ClN3O2S/c1-2-21-12-5-3-4-10(8-12)14(20)19-15(22)18-11-6-7-13(16)17-9-11/h3-9H,2H2,1H3,(H2,18,19,20,22). The number of anilines is 1. The molecule has 1 aromatic heterocycles.